The second kappa shape index (κ2) is 8.09. The molecule has 140 valence electrons. The SMILES string of the molecule is O=C(NNC(=O)c1cn(-c2ccccc2)nc1-c1cccs1)c1ccc(Br)s1. The number of halogens is 1. The highest BCUT2D eigenvalue weighted by Crippen LogP contribution is 2.27. The van der Waals surface area contributed by atoms with Gasteiger partial charge in [0.05, 0.1) is 24.8 Å². The molecular weight excluding hydrogens is 460 g/mol. The van der Waals surface area contributed by atoms with E-state index < -0.39 is 5.91 Å². The van der Waals surface area contributed by atoms with Gasteiger partial charge in [-0.05, 0) is 51.6 Å². The third-order valence-electron chi connectivity index (χ3n) is 3.82. The lowest BCUT2D eigenvalue weighted by atomic mass is 10.2. The molecule has 4 rings (SSSR count). The van der Waals surface area contributed by atoms with E-state index in [1.54, 1.807) is 23.0 Å². The van der Waals surface area contributed by atoms with E-state index in [0.29, 0.717) is 16.1 Å². The molecule has 0 radical (unpaired) electrons. The van der Waals surface area contributed by atoms with Gasteiger partial charge in [0, 0.05) is 6.20 Å². The van der Waals surface area contributed by atoms with Crippen LogP contribution in [0.25, 0.3) is 16.3 Å². The van der Waals surface area contributed by atoms with Crippen LogP contribution in [0.2, 0.25) is 0 Å². The summed E-state index contributed by atoms with van der Waals surface area (Å²) in [5.74, 6) is -0.813. The maximum atomic E-state index is 12.8. The van der Waals surface area contributed by atoms with Crippen LogP contribution in [0, 0.1) is 0 Å². The zero-order valence-corrected chi connectivity index (χ0v) is 17.5. The second-order valence-electron chi connectivity index (χ2n) is 5.66. The summed E-state index contributed by atoms with van der Waals surface area (Å²) in [6.45, 7) is 0. The van der Waals surface area contributed by atoms with Crippen LogP contribution in [0.4, 0.5) is 0 Å². The molecule has 0 saturated heterocycles. The number of carbonyl (C=O) groups excluding carboxylic acids is 2. The number of aromatic nitrogens is 2. The predicted molar refractivity (Wildman–Crippen MR) is 114 cm³/mol. The fraction of sp³-hybridized carbons (Fsp3) is 0. The van der Waals surface area contributed by atoms with E-state index in [4.69, 9.17) is 0 Å². The Kier molecular flexibility index (Phi) is 5.38. The summed E-state index contributed by atoms with van der Waals surface area (Å²) in [6, 6.07) is 16.8. The van der Waals surface area contributed by atoms with E-state index >= 15 is 0 Å². The fourth-order valence-electron chi connectivity index (χ4n) is 2.53. The van der Waals surface area contributed by atoms with Crippen molar-refractivity contribution in [3.63, 3.8) is 0 Å². The number of para-hydroxylation sites is 1. The molecule has 0 atom stereocenters. The van der Waals surface area contributed by atoms with Crippen LogP contribution >= 0.6 is 38.6 Å². The topological polar surface area (TPSA) is 76.0 Å². The Morgan fingerprint density at radius 3 is 2.43 bits per heavy atom. The lowest BCUT2D eigenvalue weighted by Crippen LogP contribution is -2.41. The van der Waals surface area contributed by atoms with Crippen molar-refractivity contribution in [2.75, 3.05) is 0 Å². The lowest BCUT2D eigenvalue weighted by Gasteiger charge is -2.05. The number of benzene rings is 1. The largest absolute Gasteiger partial charge is 0.279 e. The highest BCUT2D eigenvalue weighted by Gasteiger charge is 2.20. The number of hydrazine groups is 1. The van der Waals surface area contributed by atoms with Crippen molar-refractivity contribution in [3.8, 4) is 16.3 Å². The highest BCUT2D eigenvalue weighted by atomic mass is 79.9. The maximum Gasteiger partial charge on any atom is 0.279 e. The third-order valence-corrected chi connectivity index (χ3v) is 6.32. The van der Waals surface area contributed by atoms with Crippen molar-refractivity contribution in [1.82, 2.24) is 20.6 Å². The van der Waals surface area contributed by atoms with Crippen molar-refractivity contribution in [2.24, 2.45) is 0 Å². The van der Waals surface area contributed by atoms with E-state index in [0.717, 1.165) is 14.4 Å². The van der Waals surface area contributed by atoms with Crippen LogP contribution in [-0.4, -0.2) is 21.6 Å². The Morgan fingerprint density at radius 2 is 1.75 bits per heavy atom. The molecule has 0 spiro atoms. The molecule has 0 bridgehead atoms. The molecule has 28 heavy (non-hydrogen) atoms. The quantitative estimate of drug-likeness (QED) is 0.429. The molecule has 1 aromatic carbocycles. The first-order chi connectivity index (χ1) is 13.6. The molecule has 3 heterocycles. The van der Waals surface area contributed by atoms with Crippen molar-refractivity contribution >= 4 is 50.4 Å². The molecule has 0 aliphatic heterocycles. The standard InChI is InChI=1S/C19H13BrN4O2S2/c20-16-9-8-15(28-16)19(26)22-21-18(25)13-11-24(12-5-2-1-3-6-12)23-17(13)14-7-4-10-27-14/h1-11H,(H,21,25)(H,22,26). The van der Waals surface area contributed by atoms with Crippen LogP contribution in [0.5, 0.6) is 0 Å². The van der Waals surface area contributed by atoms with Gasteiger partial charge in [-0.25, -0.2) is 4.68 Å². The zero-order chi connectivity index (χ0) is 19.5. The number of thiophene rings is 2. The van der Waals surface area contributed by atoms with E-state index in [1.807, 2.05) is 47.8 Å². The van der Waals surface area contributed by atoms with Gasteiger partial charge in [0.2, 0.25) is 0 Å². The number of amides is 2. The predicted octanol–water partition coefficient (Wildman–Crippen LogP) is 4.50. The Hall–Kier alpha value is -2.75. The van der Waals surface area contributed by atoms with Gasteiger partial charge in [-0.15, -0.1) is 22.7 Å². The number of hydrogen-bond acceptors (Lipinski definition) is 5. The van der Waals surface area contributed by atoms with E-state index in [2.05, 4.69) is 31.9 Å². The van der Waals surface area contributed by atoms with Gasteiger partial charge in [-0.2, -0.15) is 5.10 Å². The number of nitrogens with one attached hydrogen (secondary N) is 2. The molecule has 0 aliphatic rings. The Morgan fingerprint density at radius 1 is 0.964 bits per heavy atom. The van der Waals surface area contributed by atoms with Crippen LogP contribution in [0.3, 0.4) is 0 Å². The average Bonchev–Trinajstić information content (AvgIpc) is 3.46. The van der Waals surface area contributed by atoms with Crippen LogP contribution in [0.1, 0.15) is 20.0 Å². The number of rotatable bonds is 4. The summed E-state index contributed by atoms with van der Waals surface area (Å²) in [7, 11) is 0. The summed E-state index contributed by atoms with van der Waals surface area (Å²) in [5.41, 5.74) is 6.70. The molecule has 4 aromatic rings. The zero-order valence-electron chi connectivity index (χ0n) is 14.3. The summed E-state index contributed by atoms with van der Waals surface area (Å²) in [5, 5.41) is 6.51. The molecule has 2 amide bonds. The van der Waals surface area contributed by atoms with Crippen LogP contribution < -0.4 is 10.9 Å². The van der Waals surface area contributed by atoms with Gasteiger partial charge in [0.15, 0.2) is 0 Å². The molecule has 2 N–H and O–H groups in total. The maximum absolute atomic E-state index is 12.8. The molecule has 6 nitrogen and oxygen atoms in total. The molecule has 3 aromatic heterocycles. The number of nitrogens with zero attached hydrogens (tertiary/aromatic N) is 2. The molecule has 0 unspecified atom stereocenters. The first-order valence-corrected chi connectivity index (χ1v) is 10.7. The smallest absolute Gasteiger partial charge is 0.267 e. The second-order valence-corrected chi connectivity index (χ2v) is 9.07. The van der Waals surface area contributed by atoms with Crippen molar-refractivity contribution in [1.29, 1.82) is 0 Å². The minimum atomic E-state index is -0.436. The first kappa shape index (κ1) is 18.6. The van der Waals surface area contributed by atoms with E-state index in [1.165, 1.54) is 22.7 Å². The third kappa shape index (κ3) is 3.91. The Bertz CT molecular complexity index is 1120. The van der Waals surface area contributed by atoms with Crippen molar-refractivity contribution in [2.45, 2.75) is 0 Å². The molecule has 0 fully saturated rings. The summed E-state index contributed by atoms with van der Waals surface area (Å²) in [4.78, 5) is 26.3. The normalized spacial score (nSPS) is 10.6. The van der Waals surface area contributed by atoms with Crippen LogP contribution in [0.15, 0.2) is 70.0 Å². The molecular formula is C19H13BrN4O2S2. The molecule has 9 heteroatoms. The summed E-state index contributed by atoms with van der Waals surface area (Å²) < 4.78 is 2.50. The first-order valence-electron chi connectivity index (χ1n) is 8.17. The number of carbonyl (C=O) groups is 2. The average molecular weight is 473 g/mol. The van der Waals surface area contributed by atoms with Gasteiger partial charge < -0.3 is 0 Å². The highest BCUT2D eigenvalue weighted by molar-refractivity contribution is 9.11. The molecule has 0 aliphatic carbocycles. The lowest BCUT2D eigenvalue weighted by molar-refractivity contribution is 0.0849. The fourth-order valence-corrected chi connectivity index (χ4v) is 4.53. The van der Waals surface area contributed by atoms with Crippen LogP contribution in [-0.2, 0) is 0 Å². The van der Waals surface area contributed by atoms with Gasteiger partial charge in [-0.1, -0.05) is 24.3 Å². The van der Waals surface area contributed by atoms with Gasteiger partial charge in [-0.3, -0.25) is 20.4 Å². The summed E-state index contributed by atoms with van der Waals surface area (Å²) in [6.07, 6.45) is 1.66. The van der Waals surface area contributed by atoms with Gasteiger partial charge in [0.1, 0.15) is 5.69 Å². The van der Waals surface area contributed by atoms with Crippen molar-refractivity contribution in [3.05, 3.63) is 80.4 Å². The van der Waals surface area contributed by atoms with Crippen molar-refractivity contribution < 1.29 is 9.59 Å². The summed E-state index contributed by atoms with van der Waals surface area (Å²) >= 11 is 6.09. The Balaban J connectivity index is 1.59. The van der Waals surface area contributed by atoms with E-state index in [-0.39, 0.29) is 5.91 Å². The minimum absolute atomic E-state index is 0.374. The Labute approximate surface area is 176 Å². The minimum Gasteiger partial charge on any atom is -0.267 e. The monoisotopic (exact) mass is 472 g/mol. The molecule has 0 saturated carbocycles. The number of hydrogen-bond donors (Lipinski definition) is 2. The van der Waals surface area contributed by atoms with E-state index in [9.17, 15) is 9.59 Å². The van der Waals surface area contributed by atoms with Gasteiger partial charge in [0.25, 0.3) is 11.8 Å². The van der Waals surface area contributed by atoms with Gasteiger partial charge >= 0.3 is 0 Å².